The summed E-state index contributed by atoms with van der Waals surface area (Å²) >= 11 is 0. The van der Waals surface area contributed by atoms with Crippen molar-refractivity contribution >= 4 is 23.4 Å². The van der Waals surface area contributed by atoms with E-state index in [0.717, 1.165) is 22.3 Å². The van der Waals surface area contributed by atoms with E-state index < -0.39 is 5.97 Å². The number of aryl methyl sites for hydroxylation is 1. The first-order chi connectivity index (χ1) is 17.0. The van der Waals surface area contributed by atoms with E-state index in [9.17, 15) is 9.59 Å². The number of carbonyl (C=O) groups is 2. The van der Waals surface area contributed by atoms with E-state index >= 15 is 0 Å². The van der Waals surface area contributed by atoms with Gasteiger partial charge in [0.05, 0.1) is 13.2 Å². The first kappa shape index (κ1) is 24.0. The number of nitrogens with zero attached hydrogens (tertiary/aromatic N) is 2. The predicted molar refractivity (Wildman–Crippen MR) is 132 cm³/mol. The van der Waals surface area contributed by atoms with Crippen molar-refractivity contribution < 1.29 is 23.8 Å². The van der Waals surface area contributed by atoms with E-state index in [1.165, 1.54) is 0 Å². The quantitative estimate of drug-likeness (QED) is 0.270. The second kappa shape index (κ2) is 11.3. The maximum Gasteiger partial charge on any atom is 0.337 e. The molecule has 0 saturated heterocycles. The van der Waals surface area contributed by atoms with Crippen LogP contribution >= 0.6 is 0 Å². The lowest BCUT2D eigenvalue weighted by Gasteiger charge is -2.09. The van der Waals surface area contributed by atoms with E-state index in [1.54, 1.807) is 19.1 Å². The minimum absolute atomic E-state index is 0.0151. The van der Waals surface area contributed by atoms with Crippen molar-refractivity contribution in [1.29, 1.82) is 0 Å². The average Bonchev–Trinajstić information content (AvgIpc) is 3.21. The van der Waals surface area contributed by atoms with Crippen LogP contribution in [0.25, 0.3) is 16.9 Å². The van der Waals surface area contributed by atoms with Crippen LogP contribution in [0, 0.1) is 6.92 Å². The van der Waals surface area contributed by atoms with E-state index in [4.69, 9.17) is 19.2 Å². The zero-order valence-corrected chi connectivity index (χ0v) is 19.7. The number of nitrogens with one attached hydrogen (secondary N) is 1. The van der Waals surface area contributed by atoms with Crippen molar-refractivity contribution in [2.24, 2.45) is 0 Å². The molecule has 8 nitrogen and oxygen atoms in total. The molecule has 0 atom stereocenters. The lowest BCUT2D eigenvalue weighted by atomic mass is 10.1. The third-order valence-corrected chi connectivity index (χ3v) is 5.18. The van der Waals surface area contributed by atoms with Gasteiger partial charge in [0, 0.05) is 11.8 Å². The molecule has 2 aromatic heterocycles. The molecule has 2 heterocycles. The Hall–Kier alpha value is -4.17. The molecule has 0 amide bonds. The van der Waals surface area contributed by atoms with Crippen molar-refractivity contribution in [3.05, 3.63) is 84.1 Å². The summed E-state index contributed by atoms with van der Waals surface area (Å²) in [5, 5.41) is 3.15. The highest BCUT2D eigenvalue weighted by Crippen LogP contribution is 2.30. The number of benzene rings is 2. The molecule has 180 valence electrons. The summed E-state index contributed by atoms with van der Waals surface area (Å²) in [6.07, 6.45) is 1.90. The van der Waals surface area contributed by atoms with Crippen LogP contribution in [0.2, 0.25) is 0 Å². The van der Waals surface area contributed by atoms with Gasteiger partial charge in [0.25, 0.3) is 0 Å². The smallest absolute Gasteiger partial charge is 0.337 e. The fraction of sp³-hybridized carbons (Fsp3) is 0.222. The summed E-state index contributed by atoms with van der Waals surface area (Å²) in [5.41, 5.74) is 4.28. The molecule has 4 rings (SSSR count). The maximum atomic E-state index is 12.1. The highest BCUT2D eigenvalue weighted by atomic mass is 16.6. The van der Waals surface area contributed by atoms with Gasteiger partial charge in [0.1, 0.15) is 36.1 Å². The van der Waals surface area contributed by atoms with Gasteiger partial charge in [-0.25, -0.2) is 9.78 Å². The monoisotopic (exact) mass is 473 g/mol. The topological polar surface area (TPSA) is 91.2 Å². The molecule has 8 heteroatoms. The molecule has 0 saturated carbocycles. The predicted octanol–water partition coefficient (Wildman–Crippen LogP) is 4.41. The van der Waals surface area contributed by atoms with Gasteiger partial charge in [-0.3, -0.25) is 9.20 Å². The molecule has 0 fully saturated rings. The maximum absolute atomic E-state index is 12.1. The van der Waals surface area contributed by atoms with E-state index in [1.807, 2.05) is 72.1 Å². The van der Waals surface area contributed by atoms with E-state index in [0.29, 0.717) is 30.5 Å². The molecule has 0 aliphatic carbocycles. The third kappa shape index (κ3) is 6.24. The van der Waals surface area contributed by atoms with Gasteiger partial charge in [-0.15, -0.1) is 0 Å². The number of imidazole rings is 1. The van der Waals surface area contributed by atoms with Gasteiger partial charge in [-0.2, -0.15) is 0 Å². The number of fused-ring (bicyclic) bond motifs is 1. The first-order valence-electron chi connectivity index (χ1n) is 11.3. The summed E-state index contributed by atoms with van der Waals surface area (Å²) in [6, 6.07) is 20.6. The van der Waals surface area contributed by atoms with Crippen molar-refractivity contribution in [2.75, 3.05) is 25.1 Å². The summed E-state index contributed by atoms with van der Waals surface area (Å²) in [4.78, 5) is 28.8. The fourth-order valence-electron chi connectivity index (χ4n) is 3.55. The molecule has 1 N–H and O–H groups in total. The highest BCUT2D eigenvalue weighted by molar-refractivity contribution is 5.81. The first-order valence-corrected chi connectivity index (χ1v) is 11.3. The van der Waals surface area contributed by atoms with Crippen LogP contribution in [-0.2, 0) is 25.7 Å². The molecular formula is C27H27N3O5. The largest absolute Gasteiger partial charge is 0.465 e. The molecule has 0 aliphatic heterocycles. The number of esters is 2. The molecule has 2 aromatic carbocycles. The van der Waals surface area contributed by atoms with Crippen molar-refractivity contribution in [1.82, 2.24) is 9.38 Å². The van der Waals surface area contributed by atoms with Crippen LogP contribution < -0.4 is 10.1 Å². The summed E-state index contributed by atoms with van der Waals surface area (Å²) < 4.78 is 17.7. The molecule has 0 bridgehead atoms. The lowest BCUT2D eigenvalue weighted by Crippen LogP contribution is -2.17. The van der Waals surface area contributed by atoms with Crippen LogP contribution in [0.1, 0.15) is 18.1 Å². The summed E-state index contributed by atoms with van der Waals surface area (Å²) in [5.74, 6) is 0.251. The zero-order valence-electron chi connectivity index (χ0n) is 19.7. The Morgan fingerprint density at radius 2 is 1.77 bits per heavy atom. The molecule has 0 aliphatic rings. The van der Waals surface area contributed by atoms with Crippen LogP contribution in [-0.4, -0.2) is 41.1 Å². The van der Waals surface area contributed by atoms with E-state index in [-0.39, 0.29) is 19.1 Å². The Morgan fingerprint density at radius 1 is 1.00 bits per heavy atom. The van der Waals surface area contributed by atoms with E-state index in [2.05, 4.69) is 5.32 Å². The zero-order chi connectivity index (χ0) is 24.6. The number of aromatic nitrogens is 2. The van der Waals surface area contributed by atoms with Crippen molar-refractivity contribution in [3.8, 4) is 17.0 Å². The second-order valence-electron chi connectivity index (χ2n) is 7.88. The molecule has 0 spiro atoms. The second-order valence-corrected chi connectivity index (χ2v) is 7.88. The Labute approximate surface area is 203 Å². The SMILES string of the molecule is CCOC(=O)CNc1c(-c2ccc(OC(=O)COCc3ccccc3)cc2)nc2cc(C)ccn12. The number of rotatable bonds is 10. The van der Waals surface area contributed by atoms with Crippen LogP contribution in [0.3, 0.4) is 0 Å². The van der Waals surface area contributed by atoms with Gasteiger partial charge in [0.2, 0.25) is 0 Å². The normalized spacial score (nSPS) is 10.8. The standard InChI is InChI=1S/C27H27N3O5/c1-3-34-24(31)16-28-27-26(29-23-15-19(2)13-14-30(23)27)21-9-11-22(12-10-21)35-25(32)18-33-17-20-7-5-4-6-8-20/h4-15,28H,3,16-18H2,1-2H3. The Balaban J connectivity index is 1.45. The van der Waals surface area contributed by atoms with Crippen molar-refractivity contribution in [3.63, 3.8) is 0 Å². The molecule has 35 heavy (non-hydrogen) atoms. The van der Waals surface area contributed by atoms with Crippen LogP contribution in [0.15, 0.2) is 72.9 Å². The highest BCUT2D eigenvalue weighted by Gasteiger charge is 2.16. The Kier molecular flexibility index (Phi) is 7.74. The Morgan fingerprint density at radius 3 is 2.51 bits per heavy atom. The number of carbonyl (C=O) groups excluding carboxylic acids is 2. The number of ether oxygens (including phenoxy) is 3. The van der Waals surface area contributed by atoms with Gasteiger partial charge >= 0.3 is 11.9 Å². The summed E-state index contributed by atoms with van der Waals surface area (Å²) in [6.45, 7) is 4.28. The molecular weight excluding hydrogens is 446 g/mol. The van der Waals surface area contributed by atoms with Gasteiger partial charge in [-0.05, 0) is 61.4 Å². The molecule has 4 aromatic rings. The minimum atomic E-state index is -0.478. The fourth-order valence-corrected chi connectivity index (χ4v) is 3.55. The number of pyridine rings is 1. The average molecular weight is 474 g/mol. The molecule has 0 radical (unpaired) electrons. The minimum Gasteiger partial charge on any atom is -0.465 e. The summed E-state index contributed by atoms with van der Waals surface area (Å²) in [7, 11) is 0. The van der Waals surface area contributed by atoms with Gasteiger partial charge in [0.15, 0.2) is 0 Å². The Bertz CT molecular complexity index is 1300. The van der Waals surface area contributed by atoms with Gasteiger partial charge < -0.3 is 19.5 Å². The lowest BCUT2D eigenvalue weighted by molar-refractivity contribution is -0.141. The number of anilines is 1. The van der Waals surface area contributed by atoms with Crippen LogP contribution in [0.5, 0.6) is 5.75 Å². The van der Waals surface area contributed by atoms with Crippen LogP contribution in [0.4, 0.5) is 5.82 Å². The number of hydrogen-bond acceptors (Lipinski definition) is 7. The number of hydrogen-bond donors (Lipinski definition) is 1. The van der Waals surface area contributed by atoms with Crippen molar-refractivity contribution in [2.45, 2.75) is 20.5 Å². The third-order valence-electron chi connectivity index (χ3n) is 5.18. The molecule has 0 unspecified atom stereocenters. The van der Waals surface area contributed by atoms with Gasteiger partial charge in [-0.1, -0.05) is 30.3 Å².